The van der Waals surface area contributed by atoms with Crippen molar-refractivity contribution >= 4 is 17.4 Å². The van der Waals surface area contributed by atoms with Gasteiger partial charge in [0.2, 0.25) is 0 Å². The molecule has 1 aromatic heterocycles. The summed E-state index contributed by atoms with van der Waals surface area (Å²) in [6, 6.07) is 4.39. The number of urea groups is 1. The lowest BCUT2D eigenvalue weighted by Crippen LogP contribution is -2.39. The average Bonchev–Trinajstić information content (AvgIpc) is 3.13. The van der Waals surface area contributed by atoms with Crippen LogP contribution in [-0.2, 0) is 11.3 Å². The van der Waals surface area contributed by atoms with Crippen molar-refractivity contribution < 1.29 is 9.53 Å². The highest BCUT2D eigenvalue weighted by Crippen LogP contribution is 2.34. The number of amides is 2. The molecule has 22 heavy (non-hydrogen) atoms. The number of carbonyl (C=O) groups excluding carboxylic acids is 1. The van der Waals surface area contributed by atoms with Crippen LogP contribution in [0.25, 0.3) is 0 Å². The third kappa shape index (κ3) is 3.45. The van der Waals surface area contributed by atoms with Gasteiger partial charge in [0, 0.05) is 61.9 Å². The fraction of sp³-hybridized carbons (Fsp3) is 0.688. The Balaban J connectivity index is 1.51. The van der Waals surface area contributed by atoms with Crippen molar-refractivity contribution in [2.24, 2.45) is 11.8 Å². The van der Waals surface area contributed by atoms with Crippen LogP contribution in [0.15, 0.2) is 12.1 Å². The molecule has 3 rings (SSSR count). The Hall–Kier alpha value is -1.11. The zero-order chi connectivity index (χ0) is 15.7. The summed E-state index contributed by atoms with van der Waals surface area (Å²) in [5, 5.41) is 3.00. The van der Waals surface area contributed by atoms with Crippen molar-refractivity contribution in [3.63, 3.8) is 0 Å². The number of ether oxygens (including phenoxy) is 1. The maximum absolute atomic E-state index is 11.7. The van der Waals surface area contributed by atoms with Gasteiger partial charge >= 0.3 is 6.03 Å². The molecule has 5 nitrogen and oxygen atoms in total. The van der Waals surface area contributed by atoms with E-state index in [4.69, 9.17) is 4.74 Å². The summed E-state index contributed by atoms with van der Waals surface area (Å²) in [6.07, 6.45) is 0.335. The van der Waals surface area contributed by atoms with Crippen LogP contribution in [0.2, 0.25) is 0 Å². The van der Waals surface area contributed by atoms with Crippen molar-refractivity contribution in [2.75, 3.05) is 40.3 Å². The summed E-state index contributed by atoms with van der Waals surface area (Å²) in [5.41, 5.74) is 0. The Labute approximate surface area is 136 Å². The lowest BCUT2D eigenvalue weighted by Gasteiger charge is -2.20. The SMILES string of the molecule is Cc1ccc(CN2C[C@H]3[C@H](CNC(=O)N(C)C)CO[C@H]3C2)s1. The number of hydrogen-bond donors (Lipinski definition) is 1. The third-order valence-electron chi connectivity index (χ3n) is 4.61. The molecule has 0 spiro atoms. The second-order valence-corrected chi connectivity index (χ2v) is 7.96. The summed E-state index contributed by atoms with van der Waals surface area (Å²) in [4.78, 5) is 18.5. The van der Waals surface area contributed by atoms with Gasteiger partial charge in [-0.2, -0.15) is 0 Å². The standard InChI is InChI=1S/C16H25N3O2S/c1-11-4-5-13(22-11)7-19-8-14-12(10-21-15(14)9-19)6-17-16(20)18(2)3/h4-5,12,14-15H,6-10H2,1-3H3,(H,17,20)/t12-,14+,15+/m1/s1. The molecule has 1 aromatic rings. The molecule has 2 amide bonds. The van der Waals surface area contributed by atoms with E-state index in [-0.39, 0.29) is 6.03 Å². The summed E-state index contributed by atoms with van der Waals surface area (Å²) < 4.78 is 5.95. The second-order valence-electron chi connectivity index (χ2n) is 6.58. The molecule has 3 heterocycles. The molecule has 2 saturated heterocycles. The topological polar surface area (TPSA) is 44.8 Å². The first-order valence-corrected chi connectivity index (χ1v) is 8.69. The van der Waals surface area contributed by atoms with Gasteiger partial charge in [-0.1, -0.05) is 0 Å². The van der Waals surface area contributed by atoms with Crippen LogP contribution in [0.1, 0.15) is 9.75 Å². The van der Waals surface area contributed by atoms with Gasteiger partial charge in [0.15, 0.2) is 0 Å². The highest BCUT2D eigenvalue weighted by molar-refractivity contribution is 7.11. The summed E-state index contributed by atoms with van der Waals surface area (Å²) >= 11 is 1.88. The van der Waals surface area contributed by atoms with Crippen LogP contribution in [0.3, 0.4) is 0 Å². The number of hydrogen-bond acceptors (Lipinski definition) is 4. The van der Waals surface area contributed by atoms with Gasteiger partial charge in [-0.15, -0.1) is 11.3 Å². The van der Waals surface area contributed by atoms with Crippen molar-refractivity contribution in [2.45, 2.75) is 19.6 Å². The van der Waals surface area contributed by atoms with Crippen molar-refractivity contribution in [1.29, 1.82) is 0 Å². The molecule has 0 aromatic carbocycles. The quantitative estimate of drug-likeness (QED) is 0.918. The lowest BCUT2D eigenvalue weighted by atomic mass is 9.93. The van der Waals surface area contributed by atoms with E-state index in [1.54, 1.807) is 19.0 Å². The first kappa shape index (κ1) is 15.8. The van der Waals surface area contributed by atoms with E-state index in [2.05, 4.69) is 29.3 Å². The molecule has 2 fully saturated rings. The first-order chi connectivity index (χ1) is 10.5. The normalized spacial score (nSPS) is 27.9. The maximum Gasteiger partial charge on any atom is 0.316 e. The number of likely N-dealkylation sites (tertiary alicyclic amines) is 1. The van der Waals surface area contributed by atoms with E-state index >= 15 is 0 Å². The maximum atomic E-state index is 11.7. The van der Waals surface area contributed by atoms with Gasteiger partial charge in [-0.05, 0) is 19.1 Å². The molecule has 0 radical (unpaired) electrons. The molecule has 0 unspecified atom stereocenters. The number of fused-ring (bicyclic) bond motifs is 1. The van der Waals surface area contributed by atoms with Crippen LogP contribution >= 0.6 is 11.3 Å². The molecule has 0 aliphatic carbocycles. The minimum Gasteiger partial charge on any atom is -0.376 e. The lowest BCUT2D eigenvalue weighted by molar-refractivity contribution is 0.0941. The van der Waals surface area contributed by atoms with Gasteiger partial charge < -0.3 is 15.0 Å². The van der Waals surface area contributed by atoms with Gasteiger partial charge in [0.1, 0.15) is 0 Å². The number of rotatable bonds is 4. The van der Waals surface area contributed by atoms with E-state index in [1.807, 2.05) is 11.3 Å². The zero-order valence-corrected chi connectivity index (χ0v) is 14.4. The van der Waals surface area contributed by atoms with E-state index in [0.717, 1.165) is 26.2 Å². The predicted octanol–water partition coefficient (Wildman–Crippen LogP) is 1.77. The Morgan fingerprint density at radius 2 is 2.27 bits per heavy atom. The second kappa shape index (κ2) is 6.56. The number of nitrogens with one attached hydrogen (secondary N) is 1. The van der Waals surface area contributed by atoms with Gasteiger partial charge in [-0.3, -0.25) is 4.90 Å². The Kier molecular flexibility index (Phi) is 4.70. The van der Waals surface area contributed by atoms with Crippen molar-refractivity contribution in [3.8, 4) is 0 Å². The molecule has 2 aliphatic rings. The molecule has 3 atom stereocenters. The van der Waals surface area contributed by atoms with Crippen LogP contribution in [0.4, 0.5) is 4.79 Å². The number of nitrogens with zero attached hydrogens (tertiary/aromatic N) is 2. The minimum atomic E-state index is -0.0210. The Morgan fingerprint density at radius 3 is 2.95 bits per heavy atom. The molecule has 0 bridgehead atoms. The summed E-state index contributed by atoms with van der Waals surface area (Å²) in [5.74, 6) is 0.979. The predicted molar refractivity (Wildman–Crippen MR) is 88.1 cm³/mol. The van der Waals surface area contributed by atoms with Crippen molar-refractivity contribution in [3.05, 3.63) is 21.9 Å². The van der Waals surface area contributed by atoms with Crippen LogP contribution in [-0.4, -0.2) is 62.3 Å². The van der Waals surface area contributed by atoms with Gasteiger partial charge in [-0.25, -0.2) is 4.79 Å². The number of carbonyl (C=O) groups is 1. The molecular formula is C16H25N3O2S. The minimum absolute atomic E-state index is 0.0210. The molecule has 6 heteroatoms. The Morgan fingerprint density at radius 1 is 1.45 bits per heavy atom. The summed E-state index contributed by atoms with van der Waals surface area (Å²) in [7, 11) is 3.53. The van der Waals surface area contributed by atoms with Gasteiger partial charge in [0.05, 0.1) is 12.7 Å². The fourth-order valence-corrected chi connectivity index (χ4v) is 4.32. The van der Waals surface area contributed by atoms with Crippen LogP contribution in [0.5, 0.6) is 0 Å². The first-order valence-electron chi connectivity index (χ1n) is 7.87. The molecule has 122 valence electrons. The van der Waals surface area contributed by atoms with Crippen LogP contribution < -0.4 is 5.32 Å². The Bertz CT molecular complexity index is 531. The van der Waals surface area contributed by atoms with E-state index < -0.39 is 0 Å². The molecule has 0 saturated carbocycles. The largest absolute Gasteiger partial charge is 0.376 e. The number of aryl methyl sites for hydroxylation is 1. The van der Waals surface area contributed by atoms with E-state index in [1.165, 1.54) is 9.75 Å². The van der Waals surface area contributed by atoms with Crippen molar-refractivity contribution in [1.82, 2.24) is 15.1 Å². The summed E-state index contributed by atoms with van der Waals surface area (Å²) in [6.45, 7) is 6.74. The molecule has 2 aliphatic heterocycles. The van der Waals surface area contributed by atoms with E-state index in [0.29, 0.717) is 24.5 Å². The molecule has 1 N–H and O–H groups in total. The zero-order valence-electron chi connectivity index (χ0n) is 13.5. The number of thiophene rings is 1. The third-order valence-corrected chi connectivity index (χ3v) is 5.60. The van der Waals surface area contributed by atoms with E-state index in [9.17, 15) is 4.79 Å². The monoisotopic (exact) mass is 323 g/mol. The van der Waals surface area contributed by atoms with Gasteiger partial charge in [0.25, 0.3) is 0 Å². The highest BCUT2D eigenvalue weighted by atomic mass is 32.1. The molecular weight excluding hydrogens is 298 g/mol. The smallest absolute Gasteiger partial charge is 0.316 e. The highest BCUT2D eigenvalue weighted by Gasteiger charge is 2.43. The average molecular weight is 323 g/mol. The fourth-order valence-electron chi connectivity index (χ4n) is 3.39. The van der Waals surface area contributed by atoms with Crippen LogP contribution in [0, 0.1) is 18.8 Å².